The van der Waals surface area contributed by atoms with Gasteiger partial charge in [0, 0.05) is 23.0 Å². The number of nitrogens with one attached hydrogen (secondary N) is 1. The molecule has 0 unspecified atom stereocenters. The molecule has 4 N–H and O–H groups in total. The van der Waals surface area contributed by atoms with Crippen molar-refractivity contribution in [1.82, 2.24) is 5.32 Å². The molecule has 0 saturated heterocycles. The Kier molecular flexibility index (Phi) is 4.32. The predicted molar refractivity (Wildman–Crippen MR) is 75.6 cm³/mol. The quantitative estimate of drug-likeness (QED) is 0.798. The van der Waals surface area contributed by atoms with Gasteiger partial charge in [0.2, 0.25) is 0 Å². The van der Waals surface area contributed by atoms with Crippen LogP contribution >= 0.6 is 11.6 Å². The molecule has 0 bridgehead atoms. The van der Waals surface area contributed by atoms with Crippen molar-refractivity contribution in [2.45, 2.75) is 37.1 Å². The number of hydrogen-bond donors (Lipinski definition) is 3. The van der Waals surface area contributed by atoms with Crippen molar-refractivity contribution in [1.29, 1.82) is 0 Å². The molecule has 0 aromatic heterocycles. The molecule has 1 aliphatic carbocycles. The van der Waals surface area contributed by atoms with Crippen LogP contribution in [0.3, 0.4) is 0 Å². The maximum atomic E-state index is 10.8. The van der Waals surface area contributed by atoms with Gasteiger partial charge in [0.25, 0.3) is 0 Å². The van der Waals surface area contributed by atoms with Gasteiger partial charge in [-0.3, -0.25) is 0 Å². The SMILES string of the molecule is N[C@H]1CC[C@](CNC(=O)O)(c2cccc(Cl)c2)CC1. The molecule has 19 heavy (non-hydrogen) atoms. The highest BCUT2D eigenvalue weighted by Gasteiger charge is 2.36. The Bertz CT molecular complexity index is 457. The third-order valence-corrected chi connectivity index (χ3v) is 4.24. The standard InChI is InChI=1S/C14H19ClN2O2/c15-11-3-1-2-10(8-11)14(9-17-13(18)19)6-4-12(16)5-7-14/h1-3,8,12,17H,4-7,9,16H2,(H,18,19)/t12-,14-. The summed E-state index contributed by atoms with van der Waals surface area (Å²) < 4.78 is 0. The van der Waals surface area contributed by atoms with Gasteiger partial charge in [0.1, 0.15) is 0 Å². The molecule has 1 aromatic rings. The van der Waals surface area contributed by atoms with Gasteiger partial charge in [0.15, 0.2) is 0 Å². The number of carboxylic acid groups (broad SMARTS) is 1. The zero-order valence-corrected chi connectivity index (χ0v) is 11.5. The van der Waals surface area contributed by atoms with Gasteiger partial charge in [-0.2, -0.15) is 0 Å². The molecule has 4 nitrogen and oxygen atoms in total. The molecule has 0 atom stereocenters. The van der Waals surface area contributed by atoms with Crippen LogP contribution < -0.4 is 11.1 Å². The summed E-state index contributed by atoms with van der Waals surface area (Å²) in [5.41, 5.74) is 6.87. The molecule has 1 aliphatic rings. The largest absolute Gasteiger partial charge is 0.465 e. The van der Waals surface area contributed by atoms with Gasteiger partial charge in [-0.25, -0.2) is 4.79 Å². The van der Waals surface area contributed by atoms with Gasteiger partial charge in [-0.1, -0.05) is 23.7 Å². The van der Waals surface area contributed by atoms with Crippen LogP contribution in [0.15, 0.2) is 24.3 Å². The van der Waals surface area contributed by atoms with E-state index >= 15 is 0 Å². The minimum atomic E-state index is -0.990. The van der Waals surface area contributed by atoms with E-state index in [0.717, 1.165) is 31.2 Å². The van der Waals surface area contributed by atoms with Crippen LogP contribution in [0, 0.1) is 0 Å². The second-order valence-electron chi connectivity index (χ2n) is 5.29. The van der Waals surface area contributed by atoms with Crippen molar-refractivity contribution in [3.05, 3.63) is 34.9 Å². The summed E-state index contributed by atoms with van der Waals surface area (Å²) in [7, 11) is 0. The molecular formula is C14H19ClN2O2. The highest BCUT2D eigenvalue weighted by Crippen LogP contribution is 2.39. The Morgan fingerprint density at radius 3 is 2.74 bits per heavy atom. The van der Waals surface area contributed by atoms with Crippen LogP contribution in [0.4, 0.5) is 4.79 Å². The molecule has 5 heteroatoms. The number of amides is 1. The number of halogens is 1. The first-order valence-electron chi connectivity index (χ1n) is 6.50. The van der Waals surface area contributed by atoms with E-state index in [9.17, 15) is 4.79 Å². The number of benzene rings is 1. The maximum absolute atomic E-state index is 10.8. The summed E-state index contributed by atoms with van der Waals surface area (Å²) in [5.74, 6) is 0. The molecule has 1 saturated carbocycles. The van der Waals surface area contributed by atoms with Gasteiger partial charge in [0.05, 0.1) is 0 Å². The monoisotopic (exact) mass is 282 g/mol. The molecule has 1 fully saturated rings. The first kappa shape index (κ1) is 14.2. The molecule has 1 aromatic carbocycles. The van der Waals surface area contributed by atoms with Crippen LogP contribution in [0.25, 0.3) is 0 Å². The van der Waals surface area contributed by atoms with E-state index in [-0.39, 0.29) is 11.5 Å². The highest BCUT2D eigenvalue weighted by molar-refractivity contribution is 6.30. The van der Waals surface area contributed by atoms with Crippen molar-refractivity contribution < 1.29 is 9.90 Å². The van der Waals surface area contributed by atoms with Crippen LogP contribution in [0.5, 0.6) is 0 Å². The van der Waals surface area contributed by atoms with Crippen LogP contribution in [0.1, 0.15) is 31.2 Å². The summed E-state index contributed by atoms with van der Waals surface area (Å²) >= 11 is 6.06. The zero-order chi connectivity index (χ0) is 13.9. The van der Waals surface area contributed by atoms with Gasteiger partial charge < -0.3 is 16.2 Å². The topological polar surface area (TPSA) is 75.3 Å². The lowest BCUT2D eigenvalue weighted by molar-refractivity contribution is 0.185. The van der Waals surface area contributed by atoms with Crippen molar-refractivity contribution in [2.24, 2.45) is 5.73 Å². The van der Waals surface area contributed by atoms with Gasteiger partial charge in [-0.15, -0.1) is 0 Å². The van der Waals surface area contributed by atoms with Gasteiger partial charge >= 0.3 is 6.09 Å². The van der Waals surface area contributed by atoms with Crippen molar-refractivity contribution in [3.63, 3.8) is 0 Å². The van der Waals surface area contributed by atoms with Crippen LogP contribution in [-0.4, -0.2) is 23.8 Å². The lowest BCUT2D eigenvalue weighted by Gasteiger charge is -2.40. The minimum Gasteiger partial charge on any atom is -0.465 e. The third kappa shape index (κ3) is 3.39. The minimum absolute atomic E-state index is 0.181. The molecule has 104 valence electrons. The second kappa shape index (κ2) is 5.80. The Morgan fingerprint density at radius 1 is 1.47 bits per heavy atom. The number of carbonyl (C=O) groups is 1. The van der Waals surface area contributed by atoms with E-state index in [4.69, 9.17) is 22.4 Å². The maximum Gasteiger partial charge on any atom is 0.404 e. The average molecular weight is 283 g/mol. The summed E-state index contributed by atoms with van der Waals surface area (Å²) in [6.45, 7) is 0.412. The molecule has 2 rings (SSSR count). The fraction of sp³-hybridized carbons (Fsp3) is 0.500. The first-order chi connectivity index (χ1) is 9.02. The summed E-state index contributed by atoms with van der Waals surface area (Å²) in [6.07, 6.45) is 2.60. The smallest absolute Gasteiger partial charge is 0.404 e. The molecule has 0 radical (unpaired) electrons. The number of rotatable bonds is 3. The fourth-order valence-corrected chi connectivity index (χ4v) is 3.01. The van der Waals surface area contributed by atoms with E-state index < -0.39 is 6.09 Å². The van der Waals surface area contributed by atoms with Crippen molar-refractivity contribution >= 4 is 17.7 Å². The average Bonchev–Trinajstić information content (AvgIpc) is 2.38. The fourth-order valence-electron chi connectivity index (χ4n) is 2.82. The van der Waals surface area contributed by atoms with Gasteiger partial charge in [-0.05, 0) is 43.4 Å². The lowest BCUT2D eigenvalue weighted by Crippen LogP contribution is -2.45. The van der Waals surface area contributed by atoms with E-state index in [0.29, 0.717) is 11.6 Å². The summed E-state index contributed by atoms with van der Waals surface area (Å²) in [4.78, 5) is 10.8. The zero-order valence-electron chi connectivity index (χ0n) is 10.7. The Morgan fingerprint density at radius 2 is 2.16 bits per heavy atom. The first-order valence-corrected chi connectivity index (χ1v) is 6.88. The highest BCUT2D eigenvalue weighted by atomic mass is 35.5. The molecule has 1 amide bonds. The predicted octanol–water partition coefficient (Wildman–Crippen LogP) is 2.75. The van der Waals surface area contributed by atoms with E-state index in [2.05, 4.69) is 5.32 Å². The molecule has 0 heterocycles. The number of hydrogen-bond acceptors (Lipinski definition) is 2. The van der Waals surface area contributed by atoms with Crippen LogP contribution in [0.2, 0.25) is 5.02 Å². The number of nitrogens with two attached hydrogens (primary N) is 1. The Balaban J connectivity index is 2.25. The summed E-state index contributed by atoms with van der Waals surface area (Å²) in [5, 5.41) is 12.1. The van der Waals surface area contributed by atoms with E-state index in [1.807, 2.05) is 24.3 Å². The molecule has 0 spiro atoms. The summed E-state index contributed by atoms with van der Waals surface area (Å²) in [6, 6.07) is 7.91. The van der Waals surface area contributed by atoms with Crippen molar-refractivity contribution in [2.75, 3.05) is 6.54 Å². The van der Waals surface area contributed by atoms with Crippen LogP contribution in [-0.2, 0) is 5.41 Å². The molecular weight excluding hydrogens is 264 g/mol. The third-order valence-electron chi connectivity index (χ3n) is 4.00. The second-order valence-corrected chi connectivity index (χ2v) is 5.72. The Labute approximate surface area is 117 Å². The van der Waals surface area contributed by atoms with E-state index in [1.54, 1.807) is 0 Å². The lowest BCUT2D eigenvalue weighted by atomic mass is 9.68. The molecule has 0 aliphatic heterocycles. The normalized spacial score (nSPS) is 26.9. The van der Waals surface area contributed by atoms with E-state index in [1.165, 1.54) is 0 Å². The Hall–Kier alpha value is -1.26. The van der Waals surface area contributed by atoms with Crippen molar-refractivity contribution in [3.8, 4) is 0 Å².